The maximum atomic E-state index is 4.18. The second-order valence-corrected chi connectivity index (χ2v) is 3.83. The van der Waals surface area contributed by atoms with E-state index >= 15 is 0 Å². The Balaban J connectivity index is 2.48. The highest BCUT2D eigenvalue weighted by atomic mass is 127. The summed E-state index contributed by atoms with van der Waals surface area (Å²) in [4.78, 5) is 8.35. The van der Waals surface area contributed by atoms with Gasteiger partial charge in [-0.2, -0.15) is 0 Å². The minimum absolute atomic E-state index is 0.779. The SMILES string of the molecule is Ic1cccc(-c2ncccn2)c1. The van der Waals surface area contributed by atoms with Crippen LogP contribution < -0.4 is 0 Å². The number of hydrogen-bond donors (Lipinski definition) is 0. The van der Waals surface area contributed by atoms with E-state index in [1.165, 1.54) is 3.57 Å². The fourth-order valence-corrected chi connectivity index (χ4v) is 1.62. The zero-order valence-corrected chi connectivity index (χ0v) is 8.97. The first-order valence-corrected chi connectivity index (χ1v) is 4.97. The van der Waals surface area contributed by atoms with Crippen molar-refractivity contribution in [2.75, 3.05) is 0 Å². The molecule has 3 heteroatoms. The molecule has 0 amide bonds. The fraction of sp³-hybridized carbons (Fsp3) is 0. The van der Waals surface area contributed by atoms with Gasteiger partial charge in [-0.3, -0.25) is 0 Å². The van der Waals surface area contributed by atoms with E-state index in [0.717, 1.165) is 11.4 Å². The monoisotopic (exact) mass is 282 g/mol. The molecule has 1 aromatic carbocycles. The summed E-state index contributed by atoms with van der Waals surface area (Å²) in [5.74, 6) is 0.779. The molecule has 2 aromatic rings. The number of hydrogen-bond acceptors (Lipinski definition) is 2. The molecule has 0 spiro atoms. The summed E-state index contributed by atoms with van der Waals surface area (Å²) >= 11 is 2.28. The molecule has 0 fully saturated rings. The van der Waals surface area contributed by atoms with E-state index in [2.05, 4.69) is 38.6 Å². The first-order chi connectivity index (χ1) is 6.36. The highest BCUT2D eigenvalue weighted by molar-refractivity contribution is 14.1. The Morgan fingerprint density at radius 1 is 1.00 bits per heavy atom. The predicted octanol–water partition coefficient (Wildman–Crippen LogP) is 2.75. The average Bonchev–Trinajstić information content (AvgIpc) is 2.19. The Morgan fingerprint density at radius 3 is 2.46 bits per heavy atom. The van der Waals surface area contributed by atoms with Crippen molar-refractivity contribution < 1.29 is 0 Å². The summed E-state index contributed by atoms with van der Waals surface area (Å²) < 4.78 is 1.20. The Morgan fingerprint density at radius 2 is 1.77 bits per heavy atom. The minimum atomic E-state index is 0.779. The summed E-state index contributed by atoms with van der Waals surface area (Å²) in [6.07, 6.45) is 3.50. The standard InChI is InChI=1S/C10H7IN2/c11-9-4-1-3-8(7-9)10-12-5-2-6-13-10/h1-7H. The molecule has 13 heavy (non-hydrogen) atoms. The third kappa shape index (κ3) is 2.03. The van der Waals surface area contributed by atoms with Crippen molar-refractivity contribution in [3.8, 4) is 11.4 Å². The van der Waals surface area contributed by atoms with Gasteiger partial charge in [0.15, 0.2) is 5.82 Å². The van der Waals surface area contributed by atoms with E-state index in [1.54, 1.807) is 12.4 Å². The van der Waals surface area contributed by atoms with Crippen LogP contribution in [0, 0.1) is 3.57 Å². The van der Waals surface area contributed by atoms with Gasteiger partial charge in [-0.25, -0.2) is 9.97 Å². The molecule has 1 aromatic heterocycles. The van der Waals surface area contributed by atoms with Gasteiger partial charge in [0.05, 0.1) is 0 Å². The summed E-state index contributed by atoms with van der Waals surface area (Å²) in [6, 6.07) is 9.95. The van der Waals surface area contributed by atoms with Crippen molar-refractivity contribution in [1.82, 2.24) is 9.97 Å². The maximum absolute atomic E-state index is 4.18. The molecule has 0 aliphatic rings. The maximum Gasteiger partial charge on any atom is 0.159 e. The molecule has 0 bridgehead atoms. The molecular weight excluding hydrogens is 275 g/mol. The lowest BCUT2D eigenvalue weighted by Crippen LogP contribution is -1.86. The molecule has 2 nitrogen and oxygen atoms in total. The third-order valence-electron chi connectivity index (χ3n) is 1.65. The van der Waals surface area contributed by atoms with Crippen molar-refractivity contribution >= 4 is 22.6 Å². The number of nitrogens with zero attached hydrogens (tertiary/aromatic N) is 2. The molecule has 0 aliphatic carbocycles. The van der Waals surface area contributed by atoms with Crippen LogP contribution in [0.4, 0.5) is 0 Å². The van der Waals surface area contributed by atoms with E-state index in [4.69, 9.17) is 0 Å². The van der Waals surface area contributed by atoms with Gasteiger partial charge in [0.1, 0.15) is 0 Å². The van der Waals surface area contributed by atoms with Crippen molar-refractivity contribution in [2.45, 2.75) is 0 Å². The molecular formula is C10H7IN2. The van der Waals surface area contributed by atoms with Crippen LogP contribution in [0.5, 0.6) is 0 Å². The molecule has 0 radical (unpaired) electrons. The molecule has 0 saturated heterocycles. The fourth-order valence-electron chi connectivity index (χ4n) is 1.08. The topological polar surface area (TPSA) is 25.8 Å². The van der Waals surface area contributed by atoms with Crippen LogP contribution in [-0.2, 0) is 0 Å². The second kappa shape index (κ2) is 3.83. The first kappa shape index (κ1) is 8.62. The first-order valence-electron chi connectivity index (χ1n) is 3.89. The van der Waals surface area contributed by atoms with Gasteiger partial charge < -0.3 is 0 Å². The van der Waals surface area contributed by atoms with Crippen LogP contribution in [0.1, 0.15) is 0 Å². The summed E-state index contributed by atoms with van der Waals surface area (Å²) in [7, 11) is 0. The smallest absolute Gasteiger partial charge is 0.159 e. The Bertz CT molecular complexity index is 401. The van der Waals surface area contributed by atoms with E-state index in [9.17, 15) is 0 Å². The van der Waals surface area contributed by atoms with Crippen molar-refractivity contribution in [1.29, 1.82) is 0 Å². The van der Waals surface area contributed by atoms with Gasteiger partial charge in [0.2, 0.25) is 0 Å². The molecule has 0 saturated carbocycles. The van der Waals surface area contributed by atoms with E-state index < -0.39 is 0 Å². The molecule has 0 atom stereocenters. The summed E-state index contributed by atoms with van der Waals surface area (Å²) in [5, 5.41) is 0. The van der Waals surface area contributed by atoms with E-state index in [1.807, 2.05) is 24.3 Å². The molecule has 64 valence electrons. The highest BCUT2D eigenvalue weighted by Crippen LogP contribution is 2.16. The van der Waals surface area contributed by atoms with Gasteiger partial charge in [-0.15, -0.1) is 0 Å². The quantitative estimate of drug-likeness (QED) is 0.752. The lowest BCUT2D eigenvalue weighted by molar-refractivity contribution is 1.17. The zero-order chi connectivity index (χ0) is 9.10. The van der Waals surface area contributed by atoms with Gasteiger partial charge >= 0.3 is 0 Å². The zero-order valence-electron chi connectivity index (χ0n) is 6.81. The van der Waals surface area contributed by atoms with Gasteiger partial charge in [-0.05, 0) is 40.8 Å². The van der Waals surface area contributed by atoms with Gasteiger partial charge in [-0.1, -0.05) is 12.1 Å². The summed E-state index contributed by atoms with van der Waals surface area (Å²) in [5.41, 5.74) is 1.06. The number of halogens is 1. The lowest BCUT2D eigenvalue weighted by Gasteiger charge is -1.98. The van der Waals surface area contributed by atoms with E-state index in [-0.39, 0.29) is 0 Å². The van der Waals surface area contributed by atoms with Crippen molar-refractivity contribution in [3.05, 3.63) is 46.3 Å². The summed E-state index contributed by atoms with van der Waals surface area (Å²) in [6.45, 7) is 0. The number of benzene rings is 1. The van der Waals surface area contributed by atoms with Crippen molar-refractivity contribution in [3.63, 3.8) is 0 Å². The number of aromatic nitrogens is 2. The Labute approximate surface area is 90.2 Å². The average molecular weight is 282 g/mol. The van der Waals surface area contributed by atoms with Crippen LogP contribution in [0.25, 0.3) is 11.4 Å². The van der Waals surface area contributed by atoms with Gasteiger partial charge in [0.25, 0.3) is 0 Å². The molecule has 0 unspecified atom stereocenters. The van der Waals surface area contributed by atoms with Gasteiger partial charge in [0, 0.05) is 21.5 Å². The molecule has 0 aliphatic heterocycles. The van der Waals surface area contributed by atoms with E-state index in [0.29, 0.717) is 0 Å². The Kier molecular flexibility index (Phi) is 2.54. The lowest BCUT2D eigenvalue weighted by atomic mass is 10.2. The number of rotatable bonds is 1. The minimum Gasteiger partial charge on any atom is -0.237 e. The van der Waals surface area contributed by atoms with Crippen LogP contribution in [0.2, 0.25) is 0 Å². The van der Waals surface area contributed by atoms with Crippen LogP contribution in [-0.4, -0.2) is 9.97 Å². The second-order valence-electron chi connectivity index (χ2n) is 2.58. The molecule has 0 N–H and O–H groups in total. The van der Waals surface area contributed by atoms with Crippen LogP contribution in [0.15, 0.2) is 42.7 Å². The van der Waals surface area contributed by atoms with Crippen molar-refractivity contribution in [2.24, 2.45) is 0 Å². The highest BCUT2D eigenvalue weighted by Gasteiger charge is 1.98. The third-order valence-corrected chi connectivity index (χ3v) is 2.32. The van der Waals surface area contributed by atoms with Crippen LogP contribution in [0.3, 0.4) is 0 Å². The van der Waals surface area contributed by atoms with Crippen LogP contribution >= 0.6 is 22.6 Å². The molecule has 2 rings (SSSR count). The normalized spacial score (nSPS) is 9.92. The predicted molar refractivity (Wildman–Crippen MR) is 60.2 cm³/mol. The Hall–Kier alpha value is -0.970. The largest absolute Gasteiger partial charge is 0.237 e. The molecule has 1 heterocycles.